The smallest absolute Gasteiger partial charge is 0.103 e. The van der Waals surface area contributed by atoms with E-state index in [-0.39, 0.29) is 0 Å². The molecule has 14 heavy (non-hydrogen) atoms. The highest BCUT2D eigenvalue weighted by atomic mass is 16.5. The normalized spacial score (nSPS) is 20.6. The predicted octanol–water partition coefficient (Wildman–Crippen LogP) is 2.80. The fourth-order valence-corrected chi connectivity index (χ4v) is 1.29. The van der Waals surface area contributed by atoms with Gasteiger partial charge in [0.05, 0.1) is 0 Å². The predicted molar refractivity (Wildman–Crippen MR) is 57.6 cm³/mol. The molecule has 0 aromatic heterocycles. The van der Waals surface area contributed by atoms with Gasteiger partial charge in [0.25, 0.3) is 0 Å². The van der Waals surface area contributed by atoms with Crippen LogP contribution < -0.4 is 0 Å². The third-order valence-corrected chi connectivity index (χ3v) is 3.14. The van der Waals surface area contributed by atoms with Crippen LogP contribution in [-0.2, 0) is 9.47 Å². The molecule has 4 nitrogen and oxygen atoms in total. The lowest BCUT2D eigenvalue weighted by atomic mass is 10.1. The van der Waals surface area contributed by atoms with Crippen molar-refractivity contribution in [3.8, 4) is 0 Å². The molecule has 0 rings (SSSR count). The van der Waals surface area contributed by atoms with Crippen molar-refractivity contribution in [2.45, 2.75) is 52.0 Å². The van der Waals surface area contributed by atoms with Gasteiger partial charge in [0.1, 0.15) is 11.4 Å². The first-order valence-corrected chi connectivity index (χ1v) is 5.02. The van der Waals surface area contributed by atoms with Crippen LogP contribution in [0.5, 0.6) is 0 Å². The molecule has 0 bridgehead atoms. The molecule has 0 aliphatic heterocycles. The van der Waals surface area contributed by atoms with Gasteiger partial charge in [-0.05, 0) is 26.7 Å². The standard InChI is InChI=1S/C10H23N2O2/c1-7-9(3,13-5)12(11)10(4,8-2)14-6/h11H,7-8H2,1-6H3/q-1. The van der Waals surface area contributed by atoms with E-state index in [0.29, 0.717) is 0 Å². The second-order valence-corrected chi connectivity index (χ2v) is 3.80. The first-order valence-electron chi connectivity index (χ1n) is 5.02. The largest absolute Gasteiger partial charge is 0.605 e. The molecule has 0 saturated heterocycles. The van der Waals surface area contributed by atoms with Crippen LogP contribution in [0.25, 0.3) is 5.84 Å². The van der Waals surface area contributed by atoms with Crippen LogP contribution in [-0.4, -0.2) is 30.7 Å². The zero-order valence-electron chi connectivity index (χ0n) is 10.2. The summed E-state index contributed by atoms with van der Waals surface area (Å²) in [6, 6.07) is 0. The molecule has 0 radical (unpaired) electrons. The van der Waals surface area contributed by atoms with E-state index in [4.69, 9.17) is 15.3 Å². The first-order chi connectivity index (χ1) is 6.40. The molecule has 0 heterocycles. The van der Waals surface area contributed by atoms with E-state index in [9.17, 15) is 0 Å². The van der Waals surface area contributed by atoms with Gasteiger partial charge in [0.15, 0.2) is 0 Å². The lowest BCUT2D eigenvalue weighted by Gasteiger charge is -2.53. The molecule has 86 valence electrons. The summed E-state index contributed by atoms with van der Waals surface area (Å²) >= 11 is 0. The Balaban J connectivity index is 4.80. The quantitative estimate of drug-likeness (QED) is 0.492. The van der Waals surface area contributed by atoms with Crippen molar-refractivity contribution < 1.29 is 9.47 Å². The Labute approximate surface area is 87.3 Å². The summed E-state index contributed by atoms with van der Waals surface area (Å²) in [5.41, 5.74) is -1.19. The van der Waals surface area contributed by atoms with Crippen molar-refractivity contribution in [2.24, 2.45) is 0 Å². The van der Waals surface area contributed by atoms with Gasteiger partial charge in [-0.3, -0.25) is 0 Å². The monoisotopic (exact) mass is 203 g/mol. The summed E-state index contributed by atoms with van der Waals surface area (Å²) in [5.74, 6) is 8.06. The Morgan fingerprint density at radius 2 is 1.29 bits per heavy atom. The maximum Gasteiger partial charge on any atom is 0.103 e. The molecule has 2 atom stereocenters. The highest BCUT2D eigenvalue weighted by Crippen LogP contribution is 2.31. The third-order valence-electron chi connectivity index (χ3n) is 3.14. The first kappa shape index (κ1) is 13.8. The van der Waals surface area contributed by atoms with Crippen LogP contribution in [0.2, 0.25) is 0 Å². The lowest BCUT2D eigenvalue weighted by molar-refractivity contribution is -0.218. The molecule has 0 aliphatic rings. The Morgan fingerprint density at radius 3 is 1.43 bits per heavy atom. The molecule has 0 aliphatic carbocycles. The van der Waals surface area contributed by atoms with E-state index in [0.717, 1.165) is 12.8 Å². The fourth-order valence-electron chi connectivity index (χ4n) is 1.29. The number of ether oxygens (including phenoxy) is 2. The summed E-state index contributed by atoms with van der Waals surface area (Å²) < 4.78 is 10.7. The topological polar surface area (TPSA) is 45.5 Å². The fraction of sp³-hybridized carbons (Fsp3) is 1.00. The summed E-state index contributed by atoms with van der Waals surface area (Å²) in [5, 5.41) is 1.40. The zero-order chi connectivity index (χ0) is 11.4. The minimum Gasteiger partial charge on any atom is -0.605 e. The maximum absolute atomic E-state index is 8.06. The van der Waals surface area contributed by atoms with Gasteiger partial charge in [-0.15, -0.1) is 0 Å². The zero-order valence-corrected chi connectivity index (χ0v) is 10.2. The van der Waals surface area contributed by atoms with Crippen LogP contribution in [0.4, 0.5) is 0 Å². The van der Waals surface area contributed by atoms with Gasteiger partial charge >= 0.3 is 0 Å². The van der Waals surface area contributed by atoms with Crippen LogP contribution >= 0.6 is 0 Å². The van der Waals surface area contributed by atoms with Gasteiger partial charge in [-0.1, -0.05) is 13.8 Å². The molecule has 0 saturated carbocycles. The van der Waals surface area contributed by atoms with Gasteiger partial charge in [-0.25, -0.2) is 0 Å². The average Bonchev–Trinajstić information content (AvgIpc) is 2.25. The van der Waals surface area contributed by atoms with E-state index in [1.165, 1.54) is 5.01 Å². The van der Waals surface area contributed by atoms with Crippen LogP contribution in [0.15, 0.2) is 0 Å². The number of methoxy groups -OCH3 is 2. The highest BCUT2D eigenvalue weighted by Gasteiger charge is 2.34. The Morgan fingerprint density at radius 1 is 1.00 bits per heavy atom. The van der Waals surface area contributed by atoms with Crippen molar-refractivity contribution in [3.05, 3.63) is 5.84 Å². The number of rotatable bonds is 6. The van der Waals surface area contributed by atoms with E-state index in [2.05, 4.69) is 0 Å². The van der Waals surface area contributed by atoms with E-state index < -0.39 is 11.4 Å². The Hall–Kier alpha value is -0.160. The van der Waals surface area contributed by atoms with Gasteiger partial charge in [0, 0.05) is 14.2 Å². The van der Waals surface area contributed by atoms with E-state index in [1.54, 1.807) is 14.2 Å². The minimum atomic E-state index is -0.596. The summed E-state index contributed by atoms with van der Waals surface area (Å²) in [7, 11) is 3.24. The van der Waals surface area contributed by atoms with Gasteiger partial charge < -0.3 is 20.3 Å². The number of hydrogen-bond donors (Lipinski definition) is 0. The third kappa shape index (κ3) is 2.45. The molecule has 0 amide bonds. The minimum absolute atomic E-state index is 0.596. The molecule has 2 unspecified atom stereocenters. The molecule has 0 fully saturated rings. The summed E-state index contributed by atoms with van der Waals surface area (Å²) in [4.78, 5) is 0. The molecular weight excluding hydrogens is 180 g/mol. The van der Waals surface area contributed by atoms with Gasteiger partial charge in [-0.2, -0.15) is 0 Å². The van der Waals surface area contributed by atoms with Crippen LogP contribution in [0, 0.1) is 0 Å². The molecule has 0 spiro atoms. The molecule has 0 aromatic carbocycles. The Kier molecular flexibility index (Phi) is 5.01. The molecular formula is C10H23N2O2-. The lowest BCUT2D eigenvalue weighted by Crippen LogP contribution is -2.55. The average molecular weight is 203 g/mol. The molecule has 0 aromatic rings. The van der Waals surface area contributed by atoms with Crippen molar-refractivity contribution in [1.29, 1.82) is 0 Å². The molecule has 4 heteroatoms. The van der Waals surface area contributed by atoms with Crippen LogP contribution in [0.1, 0.15) is 40.5 Å². The van der Waals surface area contributed by atoms with E-state index >= 15 is 0 Å². The van der Waals surface area contributed by atoms with Crippen molar-refractivity contribution in [3.63, 3.8) is 0 Å². The van der Waals surface area contributed by atoms with Crippen molar-refractivity contribution in [2.75, 3.05) is 14.2 Å². The second-order valence-electron chi connectivity index (χ2n) is 3.80. The number of hydrogen-bond acceptors (Lipinski definition) is 3. The maximum atomic E-state index is 8.06. The summed E-state index contributed by atoms with van der Waals surface area (Å²) in [6.07, 6.45) is 1.48. The highest BCUT2D eigenvalue weighted by molar-refractivity contribution is 4.85. The van der Waals surface area contributed by atoms with Crippen LogP contribution in [0.3, 0.4) is 0 Å². The van der Waals surface area contributed by atoms with Gasteiger partial charge in [0.2, 0.25) is 0 Å². The second kappa shape index (κ2) is 5.07. The number of nitrogens with zero attached hydrogens (tertiary/aromatic N) is 1. The van der Waals surface area contributed by atoms with E-state index in [1.807, 2.05) is 27.7 Å². The number of nitrogens with one attached hydrogen (secondary N) is 1. The Bertz CT molecular complexity index is 148. The van der Waals surface area contributed by atoms with Crippen molar-refractivity contribution >= 4 is 0 Å². The van der Waals surface area contributed by atoms with Crippen molar-refractivity contribution in [1.82, 2.24) is 5.01 Å². The SMILES string of the molecule is CCC(C)(OC)N([NH-])C(C)(CC)OC. The molecule has 1 N–H and O–H groups in total. The summed E-state index contributed by atoms with van der Waals surface area (Å²) in [6.45, 7) is 7.79.